The first-order valence-electron chi connectivity index (χ1n) is 22.1. The Labute approximate surface area is 383 Å². The Bertz CT molecular complexity index is 3900. The summed E-state index contributed by atoms with van der Waals surface area (Å²) in [7, 11) is 0. The molecule has 0 bridgehead atoms. The molecule has 0 saturated heterocycles. The van der Waals surface area contributed by atoms with Crippen LogP contribution in [-0.2, 0) is 0 Å². The van der Waals surface area contributed by atoms with Gasteiger partial charge < -0.3 is 14.0 Å². The van der Waals surface area contributed by atoms with Crippen molar-refractivity contribution in [1.82, 2.24) is 9.13 Å². The summed E-state index contributed by atoms with van der Waals surface area (Å²) < 4.78 is 7.51. The number of aromatic nitrogens is 2. The Morgan fingerprint density at radius 1 is 0.277 bits per heavy atom. The van der Waals surface area contributed by atoms with Gasteiger partial charge in [-0.25, -0.2) is 0 Å². The first-order valence-corrected chi connectivity index (χ1v) is 23.7. The van der Waals surface area contributed by atoms with E-state index < -0.39 is 0 Å². The molecule has 0 fully saturated rings. The minimum atomic E-state index is 1.14. The minimum Gasteiger partial charge on any atom is -0.309 e. The molecule has 0 atom stereocenters. The molecule has 13 aromatic rings. The largest absolute Gasteiger partial charge is 0.309 e. The number of fused-ring (bicyclic) bond motifs is 11. The zero-order valence-electron chi connectivity index (χ0n) is 35.0. The van der Waals surface area contributed by atoms with E-state index in [2.05, 4.69) is 238 Å². The lowest BCUT2D eigenvalue weighted by atomic mass is 10.0. The monoisotopic (exact) mass is 863 g/mol. The maximum absolute atomic E-state index is 2.48. The van der Waals surface area contributed by atoms with Gasteiger partial charge in [-0.3, -0.25) is 0 Å². The molecule has 5 heteroatoms. The highest BCUT2D eigenvalue weighted by atomic mass is 32.2. The molecule has 0 aliphatic carbocycles. The van der Waals surface area contributed by atoms with Gasteiger partial charge >= 0.3 is 0 Å². The fourth-order valence-electron chi connectivity index (χ4n) is 10.3. The second-order valence-electron chi connectivity index (χ2n) is 16.9. The van der Waals surface area contributed by atoms with Gasteiger partial charge in [0, 0.05) is 68.6 Å². The van der Waals surface area contributed by atoms with Crippen molar-refractivity contribution in [2.75, 3.05) is 4.90 Å². The smallest absolute Gasteiger partial charge is 0.0603 e. The minimum absolute atomic E-state index is 1.14. The number of para-hydroxylation sites is 2. The summed E-state index contributed by atoms with van der Waals surface area (Å²) in [5.74, 6) is 0. The van der Waals surface area contributed by atoms with Gasteiger partial charge in [0.2, 0.25) is 0 Å². The van der Waals surface area contributed by atoms with Gasteiger partial charge in [0.05, 0.1) is 33.4 Å². The fraction of sp³-hybridized carbons (Fsp3) is 0. The molecular weight excluding hydrogens is 827 g/mol. The predicted octanol–water partition coefficient (Wildman–Crippen LogP) is 17.5. The SMILES string of the molecule is c1ccc(-c2ccc3c(c2)c2cc(-c4ccccc4)ccc2n3-c2ccc3c(c2)Sc2cc(-n4c5ccccc5c5ccccc54)ccc2N3c2ccc3sc4ccccc4c3c2)cc1. The Balaban J connectivity index is 0.982. The van der Waals surface area contributed by atoms with Crippen LogP contribution in [0.25, 0.3) is 97.4 Å². The van der Waals surface area contributed by atoms with E-state index in [-0.39, 0.29) is 0 Å². The molecule has 0 radical (unpaired) electrons. The summed E-state index contributed by atoms with van der Waals surface area (Å²) in [5.41, 5.74) is 15.4. The third-order valence-corrected chi connectivity index (χ3v) is 15.5. The van der Waals surface area contributed by atoms with E-state index in [1.807, 2.05) is 23.1 Å². The lowest BCUT2D eigenvalue weighted by Gasteiger charge is -2.33. The molecule has 3 nitrogen and oxygen atoms in total. The lowest BCUT2D eigenvalue weighted by Crippen LogP contribution is -2.15. The van der Waals surface area contributed by atoms with E-state index >= 15 is 0 Å². The molecule has 4 heterocycles. The molecule has 0 N–H and O–H groups in total. The molecule has 0 unspecified atom stereocenters. The van der Waals surface area contributed by atoms with E-state index in [1.54, 1.807) is 0 Å². The second-order valence-corrected chi connectivity index (χ2v) is 19.1. The zero-order valence-corrected chi connectivity index (χ0v) is 36.7. The maximum atomic E-state index is 2.48. The third kappa shape index (κ3) is 5.69. The maximum Gasteiger partial charge on any atom is 0.0603 e. The molecule has 0 amide bonds. The van der Waals surface area contributed by atoms with Gasteiger partial charge in [-0.15, -0.1) is 11.3 Å². The van der Waals surface area contributed by atoms with Crippen LogP contribution >= 0.6 is 23.1 Å². The number of hydrogen-bond acceptors (Lipinski definition) is 3. The van der Waals surface area contributed by atoms with Gasteiger partial charge in [-0.2, -0.15) is 0 Å². The van der Waals surface area contributed by atoms with Crippen LogP contribution in [0.3, 0.4) is 0 Å². The van der Waals surface area contributed by atoms with Crippen LogP contribution < -0.4 is 4.90 Å². The van der Waals surface area contributed by atoms with E-state index in [0.29, 0.717) is 0 Å². The average Bonchev–Trinajstić information content (AvgIpc) is 4.03. The second kappa shape index (κ2) is 14.3. The fourth-order valence-corrected chi connectivity index (χ4v) is 12.5. The van der Waals surface area contributed by atoms with Crippen molar-refractivity contribution in [3.8, 4) is 33.6 Å². The molecule has 14 rings (SSSR count). The molecule has 0 saturated carbocycles. The van der Waals surface area contributed by atoms with Crippen LogP contribution in [0, 0.1) is 0 Å². The van der Waals surface area contributed by atoms with Crippen molar-refractivity contribution < 1.29 is 0 Å². The van der Waals surface area contributed by atoms with Crippen LogP contribution in [0.5, 0.6) is 0 Å². The van der Waals surface area contributed by atoms with Crippen LogP contribution in [0.2, 0.25) is 0 Å². The van der Waals surface area contributed by atoms with Crippen LogP contribution in [0.4, 0.5) is 17.1 Å². The van der Waals surface area contributed by atoms with Gasteiger partial charge in [-0.1, -0.05) is 139 Å². The Morgan fingerprint density at radius 3 is 1.31 bits per heavy atom. The molecule has 10 aromatic carbocycles. The van der Waals surface area contributed by atoms with Crippen LogP contribution in [-0.4, -0.2) is 9.13 Å². The lowest BCUT2D eigenvalue weighted by molar-refractivity contribution is 1.11. The summed E-state index contributed by atoms with van der Waals surface area (Å²) in [6.45, 7) is 0. The zero-order chi connectivity index (χ0) is 42.6. The Morgan fingerprint density at radius 2 is 0.738 bits per heavy atom. The number of hydrogen-bond donors (Lipinski definition) is 0. The van der Waals surface area contributed by atoms with E-state index in [4.69, 9.17) is 0 Å². The molecule has 65 heavy (non-hydrogen) atoms. The van der Waals surface area contributed by atoms with Crippen molar-refractivity contribution in [2.45, 2.75) is 9.79 Å². The normalized spacial score (nSPS) is 12.5. The molecule has 0 spiro atoms. The van der Waals surface area contributed by atoms with E-state index in [1.165, 1.54) is 107 Å². The topological polar surface area (TPSA) is 13.1 Å². The average molecular weight is 864 g/mol. The molecular formula is C60H37N3S2. The van der Waals surface area contributed by atoms with Crippen molar-refractivity contribution in [1.29, 1.82) is 0 Å². The van der Waals surface area contributed by atoms with E-state index in [0.717, 1.165) is 17.1 Å². The van der Waals surface area contributed by atoms with Crippen molar-refractivity contribution in [3.05, 3.63) is 224 Å². The summed E-state index contributed by atoms with van der Waals surface area (Å²) in [4.78, 5) is 4.91. The summed E-state index contributed by atoms with van der Waals surface area (Å²) in [5, 5.41) is 7.60. The Hall–Kier alpha value is -7.83. The molecule has 3 aromatic heterocycles. The van der Waals surface area contributed by atoms with Crippen molar-refractivity contribution in [3.63, 3.8) is 0 Å². The summed E-state index contributed by atoms with van der Waals surface area (Å²) >= 11 is 3.73. The number of anilines is 3. The van der Waals surface area contributed by atoms with Crippen LogP contribution in [0.1, 0.15) is 0 Å². The highest BCUT2D eigenvalue weighted by Gasteiger charge is 2.28. The molecule has 304 valence electrons. The third-order valence-electron chi connectivity index (χ3n) is 13.3. The Kier molecular flexibility index (Phi) is 8.08. The van der Waals surface area contributed by atoms with Crippen molar-refractivity contribution in [2.24, 2.45) is 0 Å². The van der Waals surface area contributed by atoms with Gasteiger partial charge in [0.25, 0.3) is 0 Å². The van der Waals surface area contributed by atoms with Gasteiger partial charge in [0.1, 0.15) is 0 Å². The summed E-state index contributed by atoms with van der Waals surface area (Å²) in [6, 6.07) is 82.8. The summed E-state index contributed by atoms with van der Waals surface area (Å²) in [6.07, 6.45) is 0. The first kappa shape index (κ1) is 36.6. The number of thiophene rings is 1. The van der Waals surface area contributed by atoms with Gasteiger partial charge in [0.15, 0.2) is 0 Å². The predicted molar refractivity (Wildman–Crippen MR) is 278 cm³/mol. The highest BCUT2D eigenvalue weighted by molar-refractivity contribution is 7.99. The van der Waals surface area contributed by atoms with Crippen molar-refractivity contribution >= 4 is 104 Å². The quantitative estimate of drug-likeness (QED) is 0.171. The highest BCUT2D eigenvalue weighted by Crippen LogP contribution is 2.54. The van der Waals surface area contributed by atoms with Gasteiger partial charge in [-0.05, 0) is 119 Å². The number of rotatable bonds is 5. The van der Waals surface area contributed by atoms with E-state index in [9.17, 15) is 0 Å². The molecule has 1 aliphatic heterocycles. The standard InChI is InChI=1S/C60H37N3S2/c1-3-13-38(14-4-1)40-23-28-53-48(33-40)49-34-41(39-15-5-2-6-16-39)24-29-54(49)62(53)44-26-31-56-60(37-44)65-59-36-43(61-51-20-10-7-17-45(51)46-18-8-11-21-52(46)61)25-30-55(59)63(56)42-27-32-58-50(35-42)47-19-9-12-22-57(47)64-58/h1-37H. The first-order chi connectivity index (χ1) is 32.2. The number of nitrogens with zero attached hydrogens (tertiary/aromatic N) is 3. The molecule has 1 aliphatic rings. The van der Waals surface area contributed by atoms with Crippen LogP contribution in [0.15, 0.2) is 234 Å². The number of benzene rings is 10.